The van der Waals surface area contributed by atoms with E-state index in [1.165, 1.54) is 25.9 Å². The van der Waals surface area contributed by atoms with Crippen LogP contribution in [0, 0.1) is 0 Å². The van der Waals surface area contributed by atoms with Crippen molar-refractivity contribution in [2.75, 3.05) is 26.3 Å². The molecule has 0 amide bonds. The number of rotatable bonds is 5. The number of nitrogens with zero attached hydrogens (tertiary/aromatic N) is 1. The van der Waals surface area contributed by atoms with Crippen LogP contribution in [-0.4, -0.2) is 42.6 Å². The highest BCUT2D eigenvalue weighted by Crippen LogP contribution is 2.25. The van der Waals surface area contributed by atoms with Crippen LogP contribution in [0.2, 0.25) is 0 Å². The number of likely N-dealkylation sites (tertiary alicyclic amines) is 1. The van der Waals surface area contributed by atoms with E-state index < -0.39 is 0 Å². The van der Waals surface area contributed by atoms with Gasteiger partial charge in [0.15, 0.2) is 0 Å². The molecule has 1 unspecified atom stereocenters. The van der Waals surface area contributed by atoms with Crippen molar-refractivity contribution in [2.24, 2.45) is 0 Å². The highest BCUT2D eigenvalue weighted by atomic mass is 31.1. The lowest BCUT2D eigenvalue weighted by Crippen LogP contribution is -2.35. The van der Waals surface area contributed by atoms with E-state index in [2.05, 4.69) is 11.6 Å². The van der Waals surface area contributed by atoms with Gasteiger partial charge >= 0.3 is 0 Å². The lowest BCUT2D eigenvalue weighted by molar-refractivity contribution is -0.117. The predicted molar refractivity (Wildman–Crippen MR) is 63.6 cm³/mol. The van der Waals surface area contributed by atoms with Crippen LogP contribution in [0.4, 0.5) is 0 Å². The van der Waals surface area contributed by atoms with E-state index in [4.69, 9.17) is 0 Å². The Morgan fingerprint density at radius 2 is 2.07 bits per heavy atom. The molecule has 1 aliphatic heterocycles. The quantitative estimate of drug-likeness (QED) is 0.655. The van der Waals surface area contributed by atoms with Gasteiger partial charge in [-0.15, -0.1) is 8.58 Å². The fourth-order valence-electron chi connectivity index (χ4n) is 2.00. The summed E-state index contributed by atoms with van der Waals surface area (Å²) in [7, 11) is 1.11. The number of carbonyl (C=O) groups is 1. The summed E-state index contributed by atoms with van der Waals surface area (Å²) in [4.78, 5) is 13.3. The van der Waals surface area contributed by atoms with Gasteiger partial charge < -0.3 is 9.69 Å². The summed E-state index contributed by atoms with van der Waals surface area (Å²) in [5.41, 5.74) is 0.985. The molecule has 0 bridgehead atoms. The van der Waals surface area contributed by atoms with Crippen molar-refractivity contribution in [3.8, 4) is 0 Å². The largest absolute Gasteiger partial charge is 0.303 e. The van der Waals surface area contributed by atoms with Crippen molar-refractivity contribution in [1.29, 1.82) is 0 Å². The molecule has 1 atom stereocenters. The third kappa shape index (κ3) is 4.52. The monoisotopic (exact) mass is 215 g/mol. The van der Waals surface area contributed by atoms with Gasteiger partial charge in [-0.3, -0.25) is 0 Å². The molecular weight excluding hydrogens is 193 g/mol. The second-order valence-electron chi connectivity index (χ2n) is 4.21. The molecule has 0 radical (unpaired) electrons. The fourth-order valence-corrected chi connectivity index (χ4v) is 2.83. The zero-order valence-corrected chi connectivity index (χ0v) is 10.4. The molecule has 0 aromatic rings. The summed E-state index contributed by atoms with van der Waals surface area (Å²) in [6.07, 6.45) is 4.55. The third-order valence-corrected chi connectivity index (χ3v) is 4.39. The first-order chi connectivity index (χ1) is 6.72. The van der Waals surface area contributed by atoms with Crippen molar-refractivity contribution in [3.63, 3.8) is 0 Å². The van der Waals surface area contributed by atoms with Crippen LogP contribution in [0.25, 0.3) is 0 Å². The van der Waals surface area contributed by atoms with Crippen molar-refractivity contribution in [3.05, 3.63) is 0 Å². The topological polar surface area (TPSA) is 20.3 Å². The molecule has 1 rings (SSSR count). The molecule has 1 heterocycles. The van der Waals surface area contributed by atoms with Crippen molar-refractivity contribution >= 4 is 14.4 Å². The fraction of sp³-hybridized carbons (Fsp3) is 0.909. The van der Waals surface area contributed by atoms with Crippen LogP contribution in [0.5, 0.6) is 0 Å². The molecule has 2 nitrogen and oxygen atoms in total. The van der Waals surface area contributed by atoms with E-state index in [1.807, 2.05) is 0 Å². The molecule has 82 valence electrons. The molecule has 0 spiro atoms. The van der Waals surface area contributed by atoms with Crippen molar-refractivity contribution < 1.29 is 4.79 Å². The number of Topliss-reactive ketones (excluding diaryl/α,β-unsaturated/α-hetero) is 1. The smallest absolute Gasteiger partial charge is 0.129 e. The van der Waals surface area contributed by atoms with Crippen LogP contribution in [0.1, 0.15) is 32.6 Å². The maximum Gasteiger partial charge on any atom is 0.129 e. The van der Waals surface area contributed by atoms with Gasteiger partial charge in [-0.25, -0.2) is 0 Å². The van der Waals surface area contributed by atoms with Crippen LogP contribution >= 0.6 is 8.58 Å². The Hall–Kier alpha value is 0.0600. The maximum absolute atomic E-state index is 10.8. The minimum absolute atomic E-state index is 0.329. The first-order valence-corrected chi connectivity index (χ1v) is 7.19. The molecule has 1 aliphatic rings. The molecule has 0 aliphatic carbocycles. The van der Waals surface area contributed by atoms with E-state index in [1.54, 1.807) is 6.92 Å². The number of ketones is 1. The van der Waals surface area contributed by atoms with Crippen molar-refractivity contribution in [2.45, 2.75) is 38.3 Å². The zero-order valence-electron chi connectivity index (χ0n) is 9.38. The van der Waals surface area contributed by atoms with Gasteiger partial charge in [0.05, 0.1) is 0 Å². The molecule has 0 aromatic heterocycles. The molecular formula is C11H22NOP. The summed E-state index contributed by atoms with van der Waals surface area (Å²) in [5.74, 6) is 0.329. The Morgan fingerprint density at radius 3 is 2.57 bits per heavy atom. The van der Waals surface area contributed by atoms with E-state index in [-0.39, 0.29) is 0 Å². The summed E-state index contributed by atoms with van der Waals surface area (Å²) >= 11 is 0. The minimum Gasteiger partial charge on any atom is -0.303 e. The Kier molecular flexibility index (Phi) is 5.66. The van der Waals surface area contributed by atoms with Gasteiger partial charge in [0.2, 0.25) is 0 Å². The van der Waals surface area contributed by atoms with Gasteiger partial charge in [0.25, 0.3) is 0 Å². The Balaban J connectivity index is 2.07. The van der Waals surface area contributed by atoms with Crippen molar-refractivity contribution in [1.82, 2.24) is 4.90 Å². The normalized spacial score (nSPS) is 20.7. The zero-order chi connectivity index (χ0) is 10.4. The van der Waals surface area contributed by atoms with E-state index in [9.17, 15) is 4.79 Å². The SMILES string of the molecule is CPC1CCN(CCCC(C)=O)CC1. The number of hydrogen-bond acceptors (Lipinski definition) is 2. The molecule has 0 saturated carbocycles. The predicted octanol–water partition coefficient (Wildman–Crippen LogP) is 2.13. The summed E-state index contributed by atoms with van der Waals surface area (Å²) in [6.45, 7) is 7.63. The van der Waals surface area contributed by atoms with Gasteiger partial charge in [0, 0.05) is 6.42 Å². The summed E-state index contributed by atoms with van der Waals surface area (Å²) in [6, 6.07) is 0. The minimum atomic E-state index is 0.329. The van der Waals surface area contributed by atoms with Gasteiger partial charge in [-0.05, 0) is 58.1 Å². The Morgan fingerprint density at radius 1 is 1.43 bits per heavy atom. The van der Waals surface area contributed by atoms with Crippen LogP contribution in [-0.2, 0) is 4.79 Å². The van der Waals surface area contributed by atoms with Gasteiger partial charge in [0.1, 0.15) is 5.78 Å². The van der Waals surface area contributed by atoms with Crippen LogP contribution in [0.15, 0.2) is 0 Å². The lowest BCUT2D eigenvalue weighted by Gasteiger charge is -2.31. The van der Waals surface area contributed by atoms with E-state index in [0.717, 1.165) is 33.6 Å². The summed E-state index contributed by atoms with van der Waals surface area (Å²) in [5, 5.41) is 0. The first kappa shape index (κ1) is 12.1. The maximum atomic E-state index is 10.8. The number of carbonyl (C=O) groups excluding carboxylic acids is 1. The van der Waals surface area contributed by atoms with E-state index in [0.29, 0.717) is 5.78 Å². The van der Waals surface area contributed by atoms with Gasteiger partial charge in [-0.1, -0.05) is 0 Å². The standard InChI is InChI=1S/C11H22NOP/c1-10(13)4-3-7-12-8-5-11(14-2)6-9-12/h11,14H,3-9H2,1-2H3. The molecule has 3 heteroatoms. The Bertz CT molecular complexity index is 176. The first-order valence-electron chi connectivity index (χ1n) is 5.61. The third-order valence-electron chi connectivity index (χ3n) is 3.00. The highest BCUT2D eigenvalue weighted by molar-refractivity contribution is 7.37. The second-order valence-corrected chi connectivity index (χ2v) is 5.60. The lowest BCUT2D eigenvalue weighted by atomic mass is 10.1. The molecule has 0 aromatic carbocycles. The van der Waals surface area contributed by atoms with Crippen LogP contribution < -0.4 is 0 Å². The number of hydrogen-bond donors (Lipinski definition) is 0. The average molecular weight is 215 g/mol. The molecule has 1 saturated heterocycles. The molecule has 14 heavy (non-hydrogen) atoms. The van der Waals surface area contributed by atoms with E-state index >= 15 is 0 Å². The summed E-state index contributed by atoms with van der Waals surface area (Å²) < 4.78 is 0. The highest BCUT2D eigenvalue weighted by Gasteiger charge is 2.16. The van der Waals surface area contributed by atoms with Gasteiger partial charge in [-0.2, -0.15) is 0 Å². The number of piperidine rings is 1. The molecule has 0 N–H and O–H groups in total. The molecule has 1 fully saturated rings. The van der Waals surface area contributed by atoms with Crippen LogP contribution in [0.3, 0.4) is 0 Å². The Labute approximate surface area is 89.2 Å². The second kappa shape index (κ2) is 6.53. The average Bonchev–Trinajstić information content (AvgIpc) is 2.18.